The number of alkyl carbamates (subject to hydrolysis) is 1. The number of anilines is 1. The molecule has 5 rings (SSSR count). The van der Waals surface area contributed by atoms with Crippen LogP contribution in [0.4, 0.5) is 10.5 Å². The molecular weight excluding hydrogens is 693 g/mol. The van der Waals surface area contributed by atoms with Gasteiger partial charge in [-0.15, -0.1) is 11.3 Å². The number of carbonyl (C=O) groups excluding carboxylic acids is 1. The highest BCUT2D eigenvalue weighted by Gasteiger charge is 2.22. The zero-order valence-electron chi connectivity index (χ0n) is 33.0. The van der Waals surface area contributed by atoms with Crippen LogP contribution in [0.2, 0.25) is 0 Å². The number of benzene rings is 2. The molecule has 8 nitrogen and oxygen atoms in total. The van der Waals surface area contributed by atoms with E-state index in [1.807, 2.05) is 24.3 Å². The van der Waals surface area contributed by atoms with E-state index in [1.54, 1.807) is 17.4 Å². The van der Waals surface area contributed by atoms with Crippen molar-refractivity contribution < 1.29 is 14.3 Å². The first kappa shape index (κ1) is 41.8. The number of fused-ring (bicyclic) bond motifs is 2. The highest BCUT2D eigenvalue weighted by atomic mass is 32.1. The van der Waals surface area contributed by atoms with Crippen molar-refractivity contribution in [3.63, 3.8) is 0 Å². The van der Waals surface area contributed by atoms with Crippen LogP contribution in [0.3, 0.4) is 0 Å². The summed E-state index contributed by atoms with van der Waals surface area (Å²) in [6.45, 7) is 8.27. The lowest BCUT2D eigenvalue weighted by molar-refractivity contribution is -0.154. The van der Waals surface area contributed by atoms with E-state index in [0.29, 0.717) is 18.7 Å². The van der Waals surface area contributed by atoms with Gasteiger partial charge in [0.05, 0.1) is 12.1 Å². The van der Waals surface area contributed by atoms with E-state index in [4.69, 9.17) is 9.47 Å². The predicted molar refractivity (Wildman–Crippen MR) is 227 cm³/mol. The first-order valence-electron chi connectivity index (χ1n) is 21.2. The first-order chi connectivity index (χ1) is 26.6. The van der Waals surface area contributed by atoms with Crippen LogP contribution in [-0.4, -0.2) is 61.4 Å². The van der Waals surface area contributed by atoms with E-state index in [0.717, 1.165) is 63.8 Å². The van der Waals surface area contributed by atoms with Crippen LogP contribution in [0.25, 0.3) is 21.0 Å². The highest BCUT2D eigenvalue weighted by Crippen LogP contribution is 2.31. The van der Waals surface area contributed by atoms with Crippen molar-refractivity contribution in [2.24, 2.45) is 0 Å². The highest BCUT2D eigenvalue weighted by molar-refractivity contribution is 7.17. The van der Waals surface area contributed by atoms with Crippen LogP contribution >= 0.6 is 11.3 Å². The van der Waals surface area contributed by atoms with Gasteiger partial charge in [-0.25, -0.2) is 9.36 Å². The van der Waals surface area contributed by atoms with Crippen molar-refractivity contribution >= 4 is 44.1 Å². The maximum atomic E-state index is 13.1. The van der Waals surface area contributed by atoms with Crippen molar-refractivity contribution in [1.82, 2.24) is 14.8 Å². The molecule has 1 amide bonds. The van der Waals surface area contributed by atoms with Gasteiger partial charge in [0.25, 0.3) is 12.0 Å². The molecule has 0 saturated carbocycles. The molecule has 1 aliphatic rings. The number of rotatable bonds is 26. The molecule has 1 N–H and O–H groups in total. The Bertz CT molecular complexity index is 1700. The fourth-order valence-corrected chi connectivity index (χ4v) is 8.48. The predicted octanol–water partition coefficient (Wildman–Crippen LogP) is 11.3. The van der Waals surface area contributed by atoms with Crippen LogP contribution in [0, 0.1) is 0 Å². The molecule has 0 spiro atoms. The molecule has 4 aromatic rings. The van der Waals surface area contributed by atoms with Gasteiger partial charge in [-0.05, 0) is 66.9 Å². The van der Waals surface area contributed by atoms with Crippen LogP contribution in [0.5, 0.6) is 0 Å². The summed E-state index contributed by atoms with van der Waals surface area (Å²) in [7, 11) is 0. The quantitative estimate of drug-likeness (QED) is 0.0508. The van der Waals surface area contributed by atoms with Gasteiger partial charge in [0.1, 0.15) is 0 Å². The van der Waals surface area contributed by atoms with Crippen molar-refractivity contribution in [3.05, 3.63) is 76.4 Å². The second kappa shape index (κ2) is 24.2. The number of aromatic nitrogens is 1. The number of amides is 1. The third-order valence-electron chi connectivity index (χ3n) is 10.9. The molecule has 296 valence electrons. The lowest BCUT2D eigenvalue weighted by Crippen LogP contribution is -2.46. The van der Waals surface area contributed by atoms with Crippen molar-refractivity contribution in [2.75, 3.05) is 50.8 Å². The molecular formula is C45H66N4O4S. The van der Waals surface area contributed by atoms with E-state index in [2.05, 4.69) is 51.7 Å². The summed E-state index contributed by atoms with van der Waals surface area (Å²) < 4.78 is 14.8. The first-order valence-corrected chi connectivity index (χ1v) is 22.1. The molecule has 1 unspecified atom stereocenters. The Hall–Kier alpha value is -3.40. The molecule has 0 bridgehead atoms. The summed E-state index contributed by atoms with van der Waals surface area (Å²) in [6, 6.07) is 19.8. The summed E-state index contributed by atoms with van der Waals surface area (Å²) in [5, 5.41) is 7.31. The average Bonchev–Trinajstić information content (AvgIpc) is 3.68. The van der Waals surface area contributed by atoms with Gasteiger partial charge in [0.2, 0.25) is 0 Å². The Morgan fingerprint density at radius 3 is 2.09 bits per heavy atom. The number of para-hydroxylation sites is 1. The van der Waals surface area contributed by atoms with Crippen molar-refractivity contribution in [3.8, 4) is 0 Å². The van der Waals surface area contributed by atoms with E-state index in [9.17, 15) is 9.59 Å². The van der Waals surface area contributed by atoms with E-state index >= 15 is 0 Å². The number of nitrogens with one attached hydrogen (secondary N) is 1. The molecule has 1 aliphatic heterocycles. The number of unbranched alkanes of at least 4 members (excludes halogenated alkanes) is 16. The van der Waals surface area contributed by atoms with Crippen LogP contribution in [-0.2, 0) is 9.47 Å². The van der Waals surface area contributed by atoms with E-state index < -0.39 is 12.5 Å². The average molecular weight is 759 g/mol. The maximum Gasteiger partial charge on any atom is 0.410 e. The minimum atomic E-state index is -1.14. The SMILES string of the molecule is CCCCCCCCCCCCCCCCCCNC(=O)OC(OCCCCN1CCN(c2cccc3sccc23)CC1)n1c(=O)ccc2ccccc21. The number of carbonyl (C=O) groups is 1. The summed E-state index contributed by atoms with van der Waals surface area (Å²) in [5.41, 5.74) is 1.75. The second-order valence-corrected chi connectivity index (χ2v) is 16.0. The Labute approximate surface area is 328 Å². The fourth-order valence-electron chi connectivity index (χ4n) is 7.67. The Kier molecular flexibility index (Phi) is 18.7. The van der Waals surface area contributed by atoms with Gasteiger partial charge in [0, 0.05) is 54.6 Å². The summed E-state index contributed by atoms with van der Waals surface area (Å²) in [6.07, 6.45) is 21.0. The standard InChI is InChI=1S/C45H66N4O4S/c1-2-3-4-5-6-7-8-9-10-11-12-13-14-15-16-19-30-46-44(51)53-45(49-40-24-18-17-23-38(40)27-28-43(49)50)52-36-21-20-31-47-32-34-48(35-33-47)41-25-22-26-42-39(41)29-37-54-42/h17-18,22-29,37,45H,2-16,19-21,30-36H2,1H3,(H,46,51). The lowest BCUT2D eigenvalue weighted by atomic mass is 10.0. The number of pyridine rings is 1. The zero-order chi connectivity index (χ0) is 37.6. The normalized spacial score (nSPS) is 14.2. The molecule has 2 aromatic carbocycles. The molecule has 2 aromatic heterocycles. The minimum Gasteiger partial charge on any atom is -0.399 e. The number of hydrogen-bond donors (Lipinski definition) is 1. The molecule has 0 radical (unpaired) electrons. The molecule has 1 fully saturated rings. The van der Waals surface area contributed by atoms with E-state index in [1.165, 1.54) is 116 Å². The number of thiophene rings is 1. The summed E-state index contributed by atoms with van der Waals surface area (Å²) in [4.78, 5) is 31.1. The number of hydrogen-bond acceptors (Lipinski definition) is 7. The van der Waals surface area contributed by atoms with Gasteiger partial charge < -0.3 is 19.7 Å². The Morgan fingerprint density at radius 1 is 0.722 bits per heavy atom. The molecule has 9 heteroatoms. The Balaban J connectivity index is 0.969. The molecule has 0 aliphatic carbocycles. The number of nitrogens with zero attached hydrogens (tertiary/aromatic N) is 3. The van der Waals surface area contributed by atoms with Crippen molar-refractivity contribution in [2.45, 2.75) is 129 Å². The van der Waals surface area contributed by atoms with Crippen molar-refractivity contribution in [1.29, 1.82) is 0 Å². The number of ether oxygens (including phenoxy) is 2. The summed E-state index contributed by atoms with van der Waals surface area (Å²) >= 11 is 1.80. The topological polar surface area (TPSA) is 76.0 Å². The smallest absolute Gasteiger partial charge is 0.399 e. The van der Waals surface area contributed by atoms with Gasteiger partial charge in [0.15, 0.2) is 0 Å². The summed E-state index contributed by atoms with van der Waals surface area (Å²) in [5.74, 6) is 0. The largest absolute Gasteiger partial charge is 0.410 e. The zero-order valence-corrected chi connectivity index (χ0v) is 33.8. The number of piperazine rings is 1. The van der Waals surface area contributed by atoms with Gasteiger partial charge in [-0.1, -0.05) is 128 Å². The third kappa shape index (κ3) is 13.7. The van der Waals surface area contributed by atoms with Gasteiger partial charge in [-0.2, -0.15) is 0 Å². The maximum absolute atomic E-state index is 13.1. The van der Waals surface area contributed by atoms with Crippen LogP contribution < -0.4 is 15.8 Å². The van der Waals surface area contributed by atoms with E-state index in [-0.39, 0.29) is 5.56 Å². The lowest BCUT2D eigenvalue weighted by Gasteiger charge is -2.36. The van der Waals surface area contributed by atoms with Gasteiger partial charge >= 0.3 is 6.09 Å². The van der Waals surface area contributed by atoms with Crippen LogP contribution in [0.15, 0.2) is 70.8 Å². The molecule has 1 saturated heterocycles. The van der Waals surface area contributed by atoms with Crippen LogP contribution in [0.1, 0.15) is 129 Å². The molecule has 3 heterocycles. The molecule has 1 atom stereocenters. The third-order valence-corrected chi connectivity index (χ3v) is 11.8. The minimum absolute atomic E-state index is 0.264. The Morgan fingerprint density at radius 2 is 1.39 bits per heavy atom. The van der Waals surface area contributed by atoms with Gasteiger partial charge in [-0.3, -0.25) is 9.69 Å². The second-order valence-electron chi connectivity index (χ2n) is 15.1. The fraction of sp³-hybridized carbons (Fsp3) is 0.600. The monoisotopic (exact) mass is 758 g/mol. The molecule has 54 heavy (non-hydrogen) atoms.